The molecule has 0 bridgehead atoms. The van der Waals surface area contributed by atoms with Gasteiger partial charge in [0.1, 0.15) is 12.1 Å². The van der Waals surface area contributed by atoms with E-state index >= 15 is 0 Å². The molecule has 24 heavy (non-hydrogen) atoms. The van der Waals surface area contributed by atoms with Crippen LogP contribution in [0.3, 0.4) is 0 Å². The number of hydrogen-bond acceptors (Lipinski definition) is 6. The van der Waals surface area contributed by atoms with Crippen LogP contribution in [0.1, 0.15) is 32.1 Å². The Hall–Kier alpha value is -2.69. The van der Waals surface area contributed by atoms with Crippen molar-refractivity contribution in [3.63, 3.8) is 0 Å². The highest BCUT2D eigenvalue weighted by atomic mass is 16.4. The van der Waals surface area contributed by atoms with Crippen LogP contribution in [-0.4, -0.2) is 63.7 Å². The van der Waals surface area contributed by atoms with E-state index < -0.39 is 54.6 Å². The molecule has 0 saturated heterocycles. The lowest BCUT2D eigenvalue weighted by atomic mass is 10.1. The Balaban J connectivity index is 4.90. The van der Waals surface area contributed by atoms with Crippen molar-refractivity contribution in [3.05, 3.63) is 0 Å². The molecule has 7 N–H and O–H groups in total. The first kappa shape index (κ1) is 21.3. The first-order valence-electron chi connectivity index (χ1n) is 7.13. The third kappa shape index (κ3) is 9.35. The minimum absolute atomic E-state index is 0.0233. The fourth-order valence-corrected chi connectivity index (χ4v) is 1.73. The zero-order valence-corrected chi connectivity index (χ0v) is 12.9. The van der Waals surface area contributed by atoms with Gasteiger partial charge in [-0.3, -0.25) is 19.2 Å². The minimum Gasteiger partial charge on any atom is -0.481 e. The Labute approximate surface area is 137 Å². The zero-order chi connectivity index (χ0) is 18.7. The van der Waals surface area contributed by atoms with E-state index in [1.54, 1.807) is 0 Å². The molecule has 0 aliphatic rings. The molecule has 11 heteroatoms. The summed E-state index contributed by atoms with van der Waals surface area (Å²) in [5, 5.41) is 30.6. The predicted octanol–water partition coefficient (Wildman–Crippen LogP) is -1.88. The number of nitrogens with one attached hydrogen (secondary N) is 2. The molecule has 0 aromatic carbocycles. The van der Waals surface area contributed by atoms with Crippen molar-refractivity contribution in [3.8, 4) is 0 Å². The number of rotatable bonds is 12. The molecule has 2 amide bonds. The van der Waals surface area contributed by atoms with Crippen LogP contribution in [0.5, 0.6) is 0 Å². The molecule has 0 unspecified atom stereocenters. The van der Waals surface area contributed by atoms with Crippen LogP contribution < -0.4 is 16.4 Å². The maximum atomic E-state index is 12.1. The van der Waals surface area contributed by atoms with Crippen LogP contribution in [0.15, 0.2) is 0 Å². The molecule has 0 saturated carbocycles. The van der Waals surface area contributed by atoms with E-state index in [2.05, 4.69) is 10.6 Å². The molecule has 0 aliphatic carbocycles. The smallest absolute Gasteiger partial charge is 0.326 e. The molecule has 0 aromatic rings. The molecule has 0 spiro atoms. The third-order valence-electron chi connectivity index (χ3n) is 2.93. The van der Waals surface area contributed by atoms with Crippen molar-refractivity contribution in [1.29, 1.82) is 0 Å². The Morgan fingerprint density at radius 2 is 1.29 bits per heavy atom. The van der Waals surface area contributed by atoms with Gasteiger partial charge in [0.25, 0.3) is 0 Å². The molecule has 0 heterocycles. The quantitative estimate of drug-likeness (QED) is 0.234. The first-order chi connectivity index (χ1) is 11.2. The van der Waals surface area contributed by atoms with E-state index in [4.69, 9.17) is 21.1 Å². The summed E-state index contributed by atoms with van der Waals surface area (Å²) in [5.41, 5.74) is 5.20. The molecular formula is C13H21N3O8. The van der Waals surface area contributed by atoms with Crippen molar-refractivity contribution in [1.82, 2.24) is 10.6 Å². The average Bonchev–Trinajstić information content (AvgIpc) is 2.46. The van der Waals surface area contributed by atoms with E-state index in [1.807, 2.05) is 0 Å². The lowest BCUT2D eigenvalue weighted by Crippen LogP contribution is -2.52. The van der Waals surface area contributed by atoms with Crippen molar-refractivity contribution >= 4 is 29.7 Å². The van der Waals surface area contributed by atoms with Gasteiger partial charge >= 0.3 is 17.9 Å². The van der Waals surface area contributed by atoms with Crippen LogP contribution in [0, 0.1) is 0 Å². The number of nitrogens with two attached hydrogens (primary N) is 1. The second kappa shape index (κ2) is 10.9. The van der Waals surface area contributed by atoms with E-state index in [0.29, 0.717) is 0 Å². The van der Waals surface area contributed by atoms with Gasteiger partial charge in [-0.15, -0.1) is 0 Å². The number of carbonyl (C=O) groups excluding carboxylic acids is 2. The fraction of sp³-hybridized carbons (Fsp3) is 0.615. The lowest BCUT2D eigenvalue weighted by molar-refractivity contribution is -0.144. The summed E-state index contributed by atoms with van der Waals surface area (Å²) < 4.78 is 0. The predicted molar refractivity (Wildman–Crippen MR) is 78.9 cm³/mol. The van der Waals surface area contributed by atoms with Crippen molar-refractivity contribution < 1.29 is 39.3 Å². The van der Waals surface area contributed by atoms with Crippen molar-refractivity contribution in [2.45, 2.75) is 44.2 Å². The minimum atomic E-state index is -1.47. The van der Waals surface area contributed by atoms with Gasteiger partial charge in [-0.1, -0.05) is 0 Å². The standard InChI is InChI=1S/C13H21N3O8/c14-6-5-9(17)15-7(1-3-10(18)19)12(22)16-8(13(23)24)2-4-11(20)21/h7-8H,1-6,14H2,(H,15,17)(H,16,22)(H,18,19)(H,20,21)(H,23,24)/t7-,8-/m0/s1. The molecule has 0 radical (unpaired) electrons. The molecule has 0 aromatic heterocycles. The Kier molecular flexibility index (Phi) is 9.71. The molecule has 2 atom stereocenters. The van der Waals surface area contributed by atoms with Gasteiger partial charge in [0.05, 0.1) is 0 Å². The third-order valence-corrected chi connectivity index (χ3v) is 2.93. The largest absolute Gasteiger partial charge is 0.481 e. The lowest BCUT2D eigenvalue weighted by Gasteiger charge is -2.20. The second-order valence-electron chi connectivity index (χ2n) is 4.92. The number of carboxylic acids is 3. The van der Waals surface area contributed by atoms with Crippen LogP contribution in [-0.2, 0) is 24.0 Å². The first-order valence-corrected chi connectivity index (χ1v) is 7.13. The SMILES string of the molecule is NCCC(=O)N[C@@H](CCC(=O)O)C(=O)N[C@@H](CCC(=O)O)C(=O)O. The van der Waals surface area contributed by atoms with Gasteiger partial charge in [0.15, 0.2) is 0 Å². The Morgan fingerprint density at radius 3 is 1.71 bits per heavy atom. The van der Waals surface area contributed by atoms with E-state index in [-0.39, 0.29) is 25.8 Å². The molecule has 0 fully saturated rings. The van der Waals surface area contributed by atoms with Gasteiger partial charge in [0.2, 0.25) is 11.8 Å². The number of aliphatic carboxylic acids is 3. The van der Waals surface area contributed by atoms with E-state index in [9.17, 15) is 24.0 Å². The normalized spacial score (nSPS) is 12.7. The summed E-state index contributed by atoms with van der Waals surface area (Å²) in [6.07, 6.45) is -1.58. The molecule has 11 nitrogen and oxygen atoms in total. The highest BCUT2D eigenvalue weighted by molar-refractivity contribution is 5.90. The second-order valence-corrected chi connectivity index (χ2v) is 4.92. The van der Waals surface area contributed by atoms with Gasteiger partial charge in [-0.2, -0.15) is 0 Å². The van der Waals surface area contributed by atoms with Crippen molar-refractivity contribution in [2.75, 3.05) is 6.54 Å². The highest BCUT2D eigenvalue weighted by Gasteiger charge is 2.27. The van der Waals surface area contributed by atoms with E-state index in [0.717, 1.165) is 0 Å². The van der Waals surface area contributed by atoms with Gasteiger partial charge in [-0.05, 0) is 12.8 Å². The number of amides is 2. The number of hydrogen-bond donors (Lipinski definition) is 6. The van der Waals surface area contributed by atoms with E-state index in [1.165, 1.54) is 0 Å². The van der Waals surface area contributed by atoms with Crippen LogP contribution in [0.25, 0.3) is 0 Å². The summed E-state index contributed by atoms with van der Waals surface area (Å²) >= 11 is 0. The number of carbonyl (C=O) groups is 5. The molecular weight excluding hydrogens is 326 g/mol. The van der Waals surface area contributed by atoms with Crippen molar-refractivity contribution in [2.24, 2.45) is 5.73 Å². The van der Waals surface area contributed by atoms with Gasteiger partial charge in [-0.25, -0.2) is 4.79 Å². The van der Waals surface area contributed by atoms with Gasteiger partial charge in [0, 0.05) is 25.8 Å². The Morgan fingerprint density at radius 1 is 0.792 bits per heavy atom. The topological polar surface area (TPSA) is 196 Å². The molecule has 136 valence electrons. The highest BCUT2D eigenvalue weighted by Crippen LogP contribution is 2.03. The molecule has 0 rings (SSSR count). The zero-order valence-electron chi connectivity index (χ0n) is 12.9. The summed E-state index contributed by atoms with van der Waals surface area (Å²) in [6, 6.07) is -2.72. The van der Waals surface area contributed by atoms with Crippen LogP contribution in [0.2, 0.25) is 0 Å². The summed E-state index contributed by atoms with van der Waals surface area (Å²) in [5.74, 6) is -5.34. The van der Waals surface area contributed by atoms with Gasteiger partial charge < -0.3 is 31.7 Å². The maximum Gasteiger partial charge on any atom is 0.326 e. The maximum absolute atomic E-state index is 12.1. The van der Waals surface area contributed by atoms with Crippen LogP contribution in [0.4, 0.5) is 0 Å². The summed E-state index contributed by atoms with van der Waals surface area (Å²) in [7, 11) is 0. The number of carboxylic acid groups (broad SMARTS) is 3. The Bertz CT molecular complexity index is 494. The molecule has 0 aliphatic heterocycles. The summed E-state index contributed by atoms with van der Waals surface area (Å²) in [4.78, 5) is 55.8. The monoisotopic (exact) mass is 347 g/mol. The summed E-state index contributed by atoms with van der Waals surface area (Å²) in [6.45, 7) is 0.0233. The van der Waals surface area contributed by atoms with Crippen LogP contribution >= 0.6 is 0 Å². The average molecular weight is 347 g/mol. The fourth-order valence-electron chi connectivity index (χ4n) is 1.73.